The monoisotopic (exact) mass is 265 g/mol. The van der Waals surface area contributed by atoms with Crippen molar-refractivity contribution in [3.8, 4) is 0 Å². The Morgan fingerprint density at radius 3 is 2.53 bits per heavy atom. The second-order valence-corrected chi connectivity index (χ2v) is 4.76. The van der Waals surface area contributed by atoms with Gasteiger partial charge in [0.2, 0.25) is 0 Å². The molecular formula is C13H19N3O3. The maximum Gasteiger partial charge on any atom is 0.292 e. The lowest BCUT2D eigenvalue weighted by atomic mass is 10.0. The number of nitrogens with two attached hydrogens (primary N) is 1. The van der Waals surface area contributed by atoms with Gasteiger partial charge in [0.1, 0.15) is 5.69 Å². The average Bonchev–Trinajstić information content (AvgIpc) is 2.34. The first-order valence-corrected chi connectivity index (χ1v) is 6.21. The number of nitro groups is 1. The third-order valence-electron chi connectivity index (χ3n) is 3.05. The average molecular weight is 265 g/mol. The topological polar surface area (TPSA) is 98.3 Å². The highest BCUT2D eigenvalue weighted by Gasteiger charge is 2.18. The van der Waals surface area contributed by atoms with E-state index >= 15 is 0 Å². The van der Waals surface area contributed by atoms with Crippen LogP contribution in [0.3, 0.4) is 0 Å². The van der Waals surface area contributed by atoms with Crippen LogP contribution in [-0.4, -0.2) is 16.9 Å². The van der Waals surface area contributed by atoms with Gasteiger partial charge in [0.15, 0.2) is 0 Å². The first kappa shape index (κ1) is 14.9. The molecule has 0 aliphatic rings. The van der Waals surface area contributed by atoms with Crippen molar-refractivity contribution in [1.82, 2.24) is 5.32 Å². The summed E-state index contributed by atoms with van der Waals surface area (Å²) in [5.74, 6) is 0.0616. The smallest absolute Gasteiger partial charge is 0.292 e. The third-order valence-corrected chi connectivity index (χ3v) is 3.05. The van der Waals surface area contributed by atoms with Gasteiger partial charge in [0.25, 0.3) is 11.6 Å². The van der Waals surface area contributed by atoms with Gasteiger partial charge in [-0.3, -0.25) is 14.9 Å². The predicted octanol–water partition coefficient (Wildman–Crippen LogP) is 2.34. The molecule has 0 saturated carbocycles. The zero-order chi connectivity index (χ0) is 14.6. The highest BCUT2D eigenvalue weighted by atomic mass is 16.6. The number of nitrogens with one attached hydrogen (secondary N) is 1. The summed E-state index contributed by atoms with van der Waals surface area (Å²) < 4.78 is 0. The van der Waals surface area contributed by atoms with Gasteiger partial charge < -0.3 is 11.1 Å². The van der Waals surface area contributed by atoms with Crippen LogP contribution in [0, 0.1) is 16.0 Å². The van der Waals surface area contributed by atoms with Crippen molar-refractivity contribution >= 4 is 17.3 Å². The number of hydrogen-bond acceptors (Lipinski definition) is 4. The van der Waals surface area contributed by atoms with Crippen molar-refractivity contribution in [2.75, 3.05) is 5.73 Å². The van der Waals surface area contributed by atoms with E-state index in [9.17, 15) is 14.9 Å². The summed E-state index contributed by atoms with van der Waals surface area (Å²) in [5.41, 5.74) is 5.70. The Kier molecular flexibility index (Phi) is 4.86. The van der Waals surface area contributed by atoms with Gasteiger partial charge in [-0.25, -0.2) is 0 Å². The van der Waals surface area contributed by atoms with Crippen LogP contribution in [0.25, 0.3) is 0 Å². The van der Waals surface area contributed by atoms with Crippen LogP contribution in [0.4, 0.5) is 11.4 Å². The molecule has 6 heteroatoms. The fourth-order valence-corrected chi connectivity index (χ4v) is 1.85. The number of benzene rings is 1. The van der Waals surface area contributed by atoms with Crippen LogP contribution in [0.1, 0.15) is 37.6 Å². The van der Waals surface area contributed by atoms with E-state index in [1.54, 1.807) is 0 Å². The van der Waals surface area contributed by atoms with Crippen LogP contribution in [0.15, 0.2) is 18.2 Å². The minimum Gasteiger partial charge on any atom is -0.393 e. The number of hydrogen-bond donors (Lipinski definition) is 2. The number of nitro benzene ring substituents is 1. The molecule has 0 saturated heterocycles. The Balaban J connectivity index is 2.89. The first-order valence-electron chi connectivity index (χ1n) is 6.21. The van der Waals surface area contributed by atoms with E-state index in [0.717, 1.165) is 6.42 Å². The second kappa shape index (κ2) is 6.17. The number of nitrogen functional groups attached to an aromatic ring is 1. The van der Waals surface area contributed by atoms with Crippen LogP contribution in [0.5, 0.6) is 0 Å². The van der Waals surface area contributed by atoms with Crippen molar-refractivity contribution in [2.45, 2.75) is 33.2 Å². The molecule has 1 rings (SSSR count). The summed E-state index contributed by atoms with van der Waals surface area (Å²) in [7, 11) is 0. The van der Waals surface area contributed by atoms with Crippen molar-refractivity contribution in [3.63, 3.8) is 0 Å². The van der Waals surface area contributed by atoms with Crippen molar-refractivity contribution in [2.24, 2.45) is 5.92 Å². The first-order chi connectivity index (χ1) is 8.86. The molecule has 1 aromatic carbocycles. The number of carbonyl (C=O) groups is 1. The lowest BCUT2D eigenvalue weighted by Crippen LogP contribution is -2.38. The SMILES string of the molecule is CCC(NC(=O)c1ccc([N+](=O)[O-])c(N)c1)C(C)C. The molecule has 3 N–H and O–H groups in total. The van der Waals surface area contributed by atoms with E-state index in [1.165, 1.54) is 18.2 Å². The zero-order valence-corrected chi connectivity index (χ0v) is 11.3. The van der Waals surface area contributed by atoms with Gasteiger partial charge in [0.05, 0.1) is 4.92 Å². The molecule has 0 spiro atoms. The van der Waals surface area contributed by atoms with Gasteiger partial charge >= 0.3 is 0 Å². The molecule has 1 amide bonds. The summed E-state index contributed by atoms with van der Waals surface area (Å²) in [4.78, 5) is 22.1. The van der Waals surface area contributed by atoms with Crippen molar-refractivity contribution < 1.29 is 9.72 Å². The maximum absolute atomic E-state index is 12.0. The van der Waals surface area contributed by atoms with E-state index in [0.29, 0.717) is 11.5 Å². The van der Waals surface area contributed by atoms with Crippen molar-refractivity contribution in [1.29, 1.82) is 0 Å². The van der Waals surface area contributed by atoms with Crippen LogP contribution >= 0.6 is 0 Å². The molecular weight excluding hydrogens is 246 g/mol. The molecule has 0 bridgehead atoms. The minimum absolute atomic E-state index is 0.00440. The van der Waals surface area contributed by atoms with Gasteiger partial charge in [-0.2, -0.15) is 0 Å². The van der Waals surface area contributed by atoms with Crippen LogP contribution in [-0.2, 0) is 0 Å². The van der Waals surface area contributed by atoms with Crippen LogP contribution < -0.4 is 11.1 Å². The fourth-order valence-electron chi connectivity index (χ4n) is 1.85. The second-order valence-electron chi connectivity index (χ2n) is 4.76. The highest BCUT2D eigenvalue weighted by Crippen LogP contribution is 2.22. The number of carbonyl (C=O) groups excluding carboxylic acids is 1. The summed E-state index contributed by atoms with van der Waals surface area (Å²) in [5, 5.41) is 13.5. The summed E-state index contributed by atoms with van der Waals surface area (Å²) in [6.45, 7) is 6.05. The number of amides is 1. The Morgan fingerprint density at radius 2 is 2.11 bits per heavy atom. The van der Waals surface area contributed by atoms with Crippen molar-refractivity contribution in [3.05, 3.63) is 33.9 Å². The van der Waals surface area contributed by atoms with Gasteiger partial charge in [-0.1, -0.05) is 20.8 Å². The van der Waals surface area contributed by atoms with Gasteiger partial charge in [-0.15, -0.1) is 0 Å². The lowest BCUT2D eigenvalue weighted by molar-refractivity contribution is -0.383. The maximum atomic E-state index is 12.0. The Labute approximate surface area is 112 Å². The van der Waals surface area contributed by atoms with E-state index in [-0.39, 0.29) is 23.3 Å². The van der Waals surface area contributed by atoms with E-state index < -0.39 is 4.92 Å². The lowest BCUT2D eigenvalue weighted by Gasteiger charge is -2.20. The number of nitrogens with zero attached hydrogens (tertiary/aromatic N) is 1. The van der Waals surface area contributed by atoms with E-state index in [4.69, 9.17) is 5.73 Å². The Hall–Kier alpha value is -2.11. The summed E-state index contributed by atoms with van der Waals surface area (Å²) in [6, 6.07) is 4.07. The number of anilines is 1. The predicted molar refractivity (Wildman–Crippen MR) is 73.9 cm³/mol. The van der Waals surface area contributed by atoms with Gasteiger partial charge in [-0.05, 0) is 24.5 Å². The zero-order valence-electron chi connectivity index (χ0n) is 11.3. The Morgan fingerprint density at radius 1 is 1.47 bits per heavy atom. The van der Waals surface area contributed by atoms with Gasteiger partial charge in [0, 0.05) is 17.7 Å². The summed E-state index contributed by atoms with van der Waals surface area (Å²) >= 11 is 0. The van der Waals surface area contributed by atoms with E-state index in [2.05, 4.69) is 5.32 Å². The fraction of sp³-hybridized carbons (Fsp3) is 0.462. The minimum atomic E-state index is -0.569. The Bertz CT molecular complexity index is 486. The molecule has 0 aliphatic carbocycles. The highest BCUT2D eigenvalue weighted by molar-refractivity contribution is 5.95. The quantitative estimate of drug-likeness (QED) is 0.485. The number of rotatable bonds is 5. The van der Waals surface area contributed by atoms with Crippen LogP contribution in [0.2, 0.25) is 0 Å². The normalized spacial score (nSPS) is 12.2. The third kappa shape index (κ3) is 3.67. The largest absolute Gasteiger partial charge is 0.393 e. The molecule has 1 aromatic rings. The van der Waals surface area contributed by atoms with E-state index in [1.807, 2.05) is 20.8 Å². The summed E-state index contributed by atoms with van der Waals surface area (Å²) in [6.07, 6.45) is 0.825. The molecule has 0 radical (unpaired) electrons. The molecule has 6 nitrogen and oxygen atoms in total. The molecule has 1 unspecified atom stereocenters. The molecule has 0 heterocycles. The molecule has 0 aromatic heterocycles. The molecule has 19 heavy (non-hydrogen) atoms. The molecule has 0 fully saturated rings. The standard InChI is InChI=1S/C13H19N3O3/c1-4-11(8(2)3)15-13(17)9-5-6-12(16(18)19)10(14)7-9/h5-8,11H,4,14H2,1-3H3,(H,15,17). The molecule has 104 valence electrons. The molecule has 0 aliphatic heterocycles. The molecule has 1 atom stereocenters.